The predicted octanol–water partition coefficient (Wildman–Crippen LogP) is 4.55. The van der Waals surface area contributed by atoms with Crippen LogP contribution in [0.15, 0.2) is 71.3 Å². The lowest BCUT2D eigenvalue weighted by Gasteiger charge is -2.08. The second-order valence-electron chi connectivity index (χ2n) is 5.65. The van der Waals surface area contributed by atoms with Crippen LogP contribution in [0.5, 0.6) is 5.75 Å². The Morgan fingerprint density at radius 3 is 2.58 bits per heavy atom. The number of aryl methyl sites for hydroxylation is 2. The summed E-state index contributed by atoms with van der Waals surface area (Å²) in [6.07, 6.45) is 2.60. The van der Waals surface area contributed by atoms with Gasteiger partial charge in [-0.25, -0.2) is 4.98 Å². The first kappa shape index (κ1) is 14.6. The molecule has 0 unspecified atom stereocenters. The number of furan rings is 1. The van der Waals surface area contributed by atoms with Crippen molar-refractivity contribution in [3.63, 3.8) is 0 Å². The zero-order chi connectivity index (χ0) is 16.4. The number of ether oxygens (including phenoxy) is 1. The molecule has 4 rings (SSSR count). The number of rotatable bonds is 5. The van der Waals surface area contributed by atoms with Gasteiger partial charge in [0.1, 0.15) is 5.75 Å². The fraction of sp³-hybridized carbons (Fsp3) is 0.150. The quantitative estimate of drug-likeness (QED) is 0.542. The maximum Gasteiger partial charge on any atom is 0.177 e. The molecule has 0 spiro atoms. The average molecular weight is 318 g/mol. The van der Waals surface area contributed by atoms with Gasteiger partial charge in [-0.05, 0) is 48.4 Å². The first-order valence-electron chi connectivity index (χ1n) is 7.97. The van der Waals surface area contributed by atoms with Crippen LogP contribution in [0.3, 0.4) is 0 Å². The Labute approximate surface area is 140 Å². The van der Waals surface area contributed by atoms with Crippen LogP contribution >= 0.6 is 0 Å². The number of nitrogens with zero attached hydrogens (tertiary/aromatic N) is 2. The molecular weight excluding hydrogens is 300 g/mol. The van der Waals surface area contributed by atoms with Crippen molar-refractivity contribution in [1.82, 2.24) is 9.55 Å². The van der Waals surface area contributed by atoms with Crippen LogP contribution in [0.1, 0.15) is 5.56 Å². The second kappa shape index (κ2) is 6.24. The number of hydrogen-bond donors (Lipinski definition) is 0. The lowest BCUT2D eigenvalue weighted by atomic mass is 10.1. The summed E-state index contributed by atoms with van der Waals surface area (Å²) in [7, 11) is 1.68. The van der Waals surface area contributed by atoms with Gasteiger partial charge in [0.2, 0.25) is 0 Å². The summed E-state index contributed by atoms with van der Waals surface area (Å²) in [5.41, 5.74) is 3.37. The predicted molar refractivity (Wildman–Crippen MR) is 94.1 cm³/mol. The highest BCUT2D eigenvalue weighted by Crippen LogP contribution is 2.25. The van der Waals surface area contributed by atoms with Gasteiger partial charge in [-0.2, -0.15) is 0 Å². The molecule has 0 saturated carbocycles. The van der Waals surface area contributed by atoms with Crippen LogP contribution < -0.4 is 4.74 Å². The van der Waals surface area contributed by atoms with Crippen LogP contribution in [-0.4, -0.2) is 16.7 Å². The molecule has 0 saturated heterocycles. The summed E-state index contributed by atoms with van der Waals surface area (Å²) in [6.45, 7) is 0.836. The molecule has 0 bridgehead atoms. The highest BCUT2D eigenvalue weighted by atomic mass is 16.5. The average Bonchev–Trinajstić information content (AvgIpc) is 3.28. The van der Waals surface area contributed by atoms with Crippen molar-refractivity contribution in [3.05, 3.63) is 72.5 Å². The van der Waals surface area contributed by atoms with Gasteiger partial charge in [0.25, 0.3) is 0 Å². The van der Waals surface area contributed by atoms with Crippen molar-refractivity contribution in [1.29, 1.82) is 0 Å². The maximum absolute atomic E-state index is 5.57. The van der Waals surface area contributed by atoms with Crippen molar-refractivity contribution in [2.45, 2.75) is 13.0 Å². The van der Waals surface area contributed by atoms with Gasteiger partial charge < -0.3 is 13.7 Å². The molecule has 0 radical (unpaired) electrons. The van der Waals surface area contributed by atoms with E-state index < -0.39 is 0 Å². The number of aromatic nitrogens is 2. The molecule has 4 nitrogen and oxygen atoms in total. The summed E-state index contributed by atoms with van der Waals surface area (Å²) in [5, 5.41) is 0. The molecule has 4 aromatic rings. The third-order valence-corrected chi connectivity index (χ3v) is 4.18. The van der Waals surface area contributed by atoms with E-state index in [0.29, 0.717) is 0 Å². The standard InChI is InChI=1S/C20H18N2O2/c1-23-16-10-8-15(9-11-16)12-13-22-18-6-3-2-5-17(18)21-20(22)19-7-4-14-24-19/h2-11,14H,12-13H2,1H3. The number of imidazole rings is 1. The minimum atomic E-state index is 0.793. The normalized spacial score (nSPS) is 11.0. The first-order chi connectivity index (χ1) is 11.8. The molecule has 0 fully saturated rings. The van der Waals surface area contributed by atoms with Crippen molar-refractivity contribution in [2.24, 2.45) is 0 Å². The SMILES string of the molecule is COc1ccc(CCn2c(-c3ccco3)nc3ccccc32)cc1. The van der Waals surface area contributed by atoms with Crippen molar-refractivity contribution < 1.29 is 9.15 Å². The molecule has 2 aromatic carbocycles. The highest BCUT2D eigenvalue weighted by Gasteiger charge is 2.14. The monoisotopic (exact) mass is 318 g/mol. The summed E-state index contributed by atoms with van der Waals surface area (Å²) in [5.74, 6) is 2.54. The molecule has 0 atom stereocenters. The Balaban J connectivity index is 1.68. The second-order valence-corrected chi connectivity index (χ2v) is 5.65. The molecule has 2 heterocycles. The van der Waals surface area contributed by atoms with Gasteiger partial charge in [-0.15, -0.1) is 0 Å². The third kappa shape index (κ3) is 2.67. The van der Waals surface area contributed by atoms with E-state index in [9.17, 15) is 0 Å². The van der Waals surface area contributed by atoms with Crippen LogP contribution in [-0.2, 0) is 13.0 Å². The number of methoxy groups -OCH3 is 1. The van der Waals surface area contributed by atoms with Gasteiger partial charge in [0, 0.05) is 6.54 Å². The Morgan fingerprint density at radius 2 is 1.83 bits per heavy atom. The fourth-order valence-corrected chi connectivity index (χ4v) is 2.93. The van der Waals surface area contributed by atoms with E-state index in [2.05, 4.69) is 22.8 Å². The summed E-state index contributed by atoms with van der Waals surface area (Å²) >= 11 is 0. The number of para-hydroxylation sites is 2. The first-order valence-corrected chi connectivity index (χ1v) is 7.97. The van der Waals surface area contributed by atoms with Gasteiger partial charge in [0.15, 0.2) is 11.6 Å². The van der Waals surface area contributed by atoms with E-state index in [1.807, 2.05) is 42.5 Å². The Hall–Kier alpha value is -3.01. The largest absolute Gasteiger partial charge is 0.497 e. The molecule has 0 aliphatic rings. The molecule has 0 aliphatic heterocycles. The molecule has 0 N–H and O–H groups in total. The summed E-state index contributed by atoms with van der Waals surface area (Å²) < 4.78 is 13.0. The van der Waals surface area contributed by atoms with Crippen molar-refractivity contribution in [2.75, 3.05) is 7.11 Å². The van der Waals surface area contributed by atoms with E-state index in [1.165, 1.54) is 5.56 Å². The number of hydrogen-bond acceptors (Lipinski definition) is 3. The lowest BCUT2D eigenvalue weighted by Crippen LogP contribution is -2.03. The smallest absolute Gasteiger partial charge is 0.177 e. The molecule has 24 heavy (non-hydrogen) atoms. The van der Waals surface area contributed by atoms with Crippen molar-refractivity contribution in [3.8, 4) is 17.3 Å². The van der Waals surface area contributed by atoms with Crippen LogP contribution in [0.2, 0.25) is 0 Å². The van der Waals surface area contributed by atoms with Crippen LogP contribution in [0, 0.1) is 0 Å². The zero-order valence-electron chi connectivity index (χ0n) is 13.5. The lowest BCUT2D eigenvalue weighted by molar-refractivity contribution is 0.414. The molecular formula is C20H18N2O2. The van der Waals surface area contributed by atoms with E-state index in [4.69, 9.17) is 14.1 Å². The van der Waals surface area contributed by atoms with E-state index in [1.54, 1.807) is 13.4 Å². The van der Waals surface area contributed by atoms with Crippen LogP contribution in [0.25, 0.3) is 22.6 Å². The zero-order valence-corrected chi connectivity index (χ0v) is 13.5. The van der Waals surface area contributed by atoms with E-state index >= 15 is 0 Å². The Morgan fingerprint density at radius 1 is 1.00 bits per heavy atom. The Kier molecular flexibility index (Phi) is 3.79. The number of fused-ring (bicyclic) bond motifs is 1. The van der Waals surface area contributed by atoms with Gasteiger partial charge in [-0.1, -0.05) is 24.3 Å². The third-order valence-electron chi connectivity index (χ3n) is 4.18. The van der Waals surface area contributed by atoms with Crippen molar-refractivity contribution >= 4 is 11.0 Å². The molecule has 120 valence electrons. The fourth-order valence-electron chi connectivity index (χ4n) is 2.93. The molecule has 0 amide bonds. The minimum absolute atomic E-state index is 0.793. The Bertz CT molecular complexity index is 938. The molecule has 2 aromatic heterocycles. The minimum Gasteiger partial charge on any atom is -0.497 e. The summed E-state index contributed by atoms with van der Waals surface area (Å²) in [6, 6.07) is 20.2. The maximum atomic E-state index is 5.57. The van der Waals surface area contributed by atoms with E-state index in [-0.39, 0.29) is 0 Å². The summed E-state index contributed by atoms with van der Waals surface area (Å²) in [4.78, 5) is 4.74. The van der Waals surface area contributed by atoms with Gasteiger partial charge in [-0.3, -0.25) is 0 Å². The van der Waals surface area contributed by atoms with E-state index in [0.717, 1.165) is 41.3 Å². The van der Waals surface area contributed by atoms with Crippen LogP contribution in [0.4, 0.5) is 0 Å². The molecule has 0 aliphatic carbocycles. The highest BCUT2D eigenvalue weighted by molar-refractivity contribution is 5.79. The van der Waals surface area contributed by atoms with Gasteiger partial charge in [0.05, 0.1) is 24.4 Å². The number of benzene rings is 2. The van der Waals surface area contributed by atoms with Gasteiger partial charge >= 0.3 is 0 Å². The topological polar surface area (TPSA) is 40.2 Å². The molecule has 4 heteroatoms.